The summed E-state index contributed by atoms with van der Waals surface area (Å²) < 4.78 is 0. The highest BCUT2D eigenvalue weighted by atomic mass is 16.1. The maximum absolute atomic E-state index is 12.0. The van der Waals surface area contributed by atoms with E-state index in [1.54, 1.807) is 6.20 Å². The molecule has 0 atom stereocenters. The van der Waals surface area contributed by atoms with Crippen molar-refractivity contribution >= 4 is 17.4 Å². The van der Waals surface area contributed by atoms with Gasteiger partial charge in [0.1, 0.15) is 11.5 Å². The van der Waals surface area contributed by atoms with Crippen LogP contribution in [0.3, 0.4) is 0 Å². The van der Waals surface area contributed by atoms with Crippen molar-refractivity contribution < 1.29 is 4.79 Å². The monoisotopic (exact) mass is 327 g/mol. The van der Waals surface area contributed by atoms with Gasteiger partial charge in [-0.1, -0.05) is 25.1 Å². The fraction of sp³-hybridized carbons (Fsp3) is 0.389. The topological polar surface area (TPSA) is 70.2 Å². The molecule has 1 heterocycles. The average Bonchev–Trinajstić information content (AvgIpc) is 2.57. The van der Waals surface area contributed by atoms with E-state index in [0.717, 1.165) is 24.2 Å². The number of likely N-dealkylation sites (N-methyl/N-ethyl adjacent to an activating group) is 1. The molecular formula is C18H25N5O. The Morgan fingerprint density at radius 2 is 2.00 bits per heavy atom. The van der Waals surface area contributed by atoms with Crippen LogP contribution in [0.1, 0.15) is 28.5 Å². The summed E-state index contributed by atoms with van der Waals surface area (Å²) >= 11 is 0. The summed E-state index contributed by atoms with van der Waals surface area (Å²) in [6.07, 6.45) is 4.02. The Morgan fingerprint density at radius 1 is 1.21 bits per heavy atom. The van der Waals surface area contributed by atoms with Crippen molar-refractivity contribution in [3.63, 3.8) is 0 Å². The predicted octanol–water partition coefficient (Wildman–Crippen LogP) is 2.38. The van der Waals surface area contributed by atoms with E-state index in [1.807, 2.05) is 25.1 Å². The molecule has 1 aromatic heterocycles. The van der Waals surface area contributed by atoms with Gasteiger partial charge < -0.3 is 15.5 Å². The Bertz CT molecular complexity index is 682. The number of nitrogens with zero attached hydrogens (tertiary/aromatic N) is 3. The molecule has 0 unspecified atom stereocenters. The lowest BCUT2D eigenvalue weighted by atomic mass is 10.1. The van der Waals surface area contributed by atoms with Gasteiger partial charge in [0.2, 0.25) is 0 Å². The Balaban J connectivity index is 2.04. The van der Waals surface area contributed by atoms with Crippen molar-refractivity contribution in [3.8, 4) is 0 Å². The Labute approximate surface area is 143 Å². The van der Waals surface area contributed by atoms with Crippen LogP contribution < -0.4 is 10.6 Å². The maximum atomic E-state index is 12.0. The van der Waals surface area contributed by atoms with Crippen LogP contribution in [0.5, 0.6) is 0 Å². The molecule has 6 nitrogen and oxygen atoms in total. The molecule has 0 bridgehead atoms. The van der Waals surface area contributed by atoms with Gasteiger partial charge in [-0.05, 0) is 38.6 Å². The minimum Gasteiger partial charge on any atom is -0.349 e. The number of benzene rings is 1. The van der Waals surface area contributed by atoms with Gasteiger partial charge >= 0.3 is 0 Å². The highest BCUT2D eigenvalue weighted by molar-refractivity contribution is 5.92. The van der Waals surface area contributed by atoms with Gasteiger partial charge in [-0.3, -0.25) is 4.79 Å². The summed E-state index contributed by atoms with van der Waals surface area (Å²) in [7, 11) is 3.92. The molecule has 1 aromatic carbocycles. The molecule has 0 radical (unpaired) electrons. The van der Waals surface area contributed by atoms with Crippen molar-refractivity contribution in [3.05, 3.63) is 47.4 Å². The van der Waals surface area contributed by atoms with E-state index in [2.05, 4.69) is 46.6 Å². The van der Waals surface area contributed by atoms with Crippen LogP contribution in [0.15, 0.2) is 30.6 Å². The van der Waals surface area contributed by atoms with Gasteiger partial charge in [-0.2, -0.15) is 0 Å². The quantitative estimate of drug-likeness (QED) is 0.817. The summed E-state index contributed by atoms with van der Waals surface area (Å²) in [5.41, 5.74) is 3.75. The Kier molecular flexibility index (Phi) is 6.26. The van der Waals surface area contributed by atoms with E-state index in [1.165, 1.54) is 11.8 Å². The number of amides is 1. The van der Waals surface area contributed by atoms with E-state index in [0.29, 0.717) is 18.1 Å². The molecule has 2 N–H and O–H groups in total. The number of para-hydroxylation sites is 1. The van der Waals surface area contributed by atoms with Crippen molar-refractivity contribution in [2.24, 2.45) is 0 Å². The largest absolute Gasteiger partial charge is 0.349 e. The van der Waals surface area contributed by atoms with Gasteiger partial charge in [0.15, 0.2) is 0 Å². The molecule has 24 heavy (non-hydrogen) atoms. The third-order valence-corrected chi connectivity index (χ3v) is 3.72. The molecule has 0 aliphatic rings. The first-order valence-electron chi connectivity index (χ1n) is 8.11. The van der Waals surface area contributed by atoms with Crippen molar-refractivity contribution in [1.82, 2.24) is 20.2 Å². The van der Waals surface area contributed by atoms with E-state index < -0.39 is 0 Å². The van der Waals surface area contributed by atoms with Crippen LogP contribution in [-0.2, 0) is 6.42 Å². The third-order valence-electron chi connectivity index (χ3n) is 3.72. The van der Waals surface area contributed by atoms with Crippen LogP contribution in [0.2, 0.25) is 0 Å². The van der Waals surface area contributed by atoms with Crippen LogP contribution in [-0.4, -0.2) is 48.0 Å². The Hall–Kier alpha value is -2.47. The van der Waals surface area contributed by atoms with Crippen LogP contribution in [0.25, 0.3) is 0 Å². The van der Waals surface area contributed by atoms with Gasteiger partial charge in [-0.25, -0.2) is 9.97 Å². The van der Waals surface area contributed by atoms with Crippen molar-refractivity contribution in [1.29, 1.82) is 0 Å². The molecule has 0 saturated heterocycles. The first-order valence-corrected chi connectivity index (χ1v) is 8.11. The summed E-state index contributed by atoms with van der Waals surface area (Å²) in [5.74, 6) is 0.421. The van der Waals surface area contributed by atoms with E-state index in [4.69, 9.17) is 0 Å². The number of nitrogens with one attached hydrogen (secondary N) is 2. The highest BCUT2D eigenvalue weighted by Crippen LogP contribution is 2.24. The molecular weight excluding hydrogens is 302 g/mol. The molecule has 0 saturated carbocycles. The zero-order valence-corrected chi connectivity index (χ0v) is 14.8. The van der Waals surface area contributed by atoms with E-state index >= 15 is 0 Å². The lowest BCUT2D eigenvalue weighted by Gasteiger charge is -2.13. The van der Waals surface area contributed by atoms with Gasteiger partial charge in [-0.15, -0.1) is 0 Å². The fourth-order valence-electron chi connectivity index (χ4n) is 2.32. The standard InChI is InChI=1S/C18H25N5O/c1-5-14-8-6-7-13(2)17(14)22-16-12-20-15(11-21-16)18(24)19-9-10-23(3)4/h6-8,11-12H,5,9-10H2,1-4H3,(H,19,24)(H,21,22). The van der Waals surface area contributed by atoms with E-state index in [-0.39, 0.29) is 5.91 Å². The van der Waals surface area contributed by atoms with Crippen molar-refractivity contribution in [2.75, 3.05) is 32.5 Å². The number of anilines is 2. The second-order valence-electron chi connectivity index (χ2n) is 5.93. The molecule has 0 aliphatic heterocycles. The van der Waals surface area contributed by atoms with Crippen LogP contribution >= 0.6 is 0 Å². The Morgan fingerprint density at radius 3 is 2.62 bits per heavy atom. The first-order chi connectivity index (χ1) is 11.5. The minimum atomic E-state index is -0.207. The number of aryl methyl sites for hydroxylation is 2. The maximum Gasteiger partial charge on any atom is 0.271 e. The number of carbonyl (C=O) groups excluding carboxylic acids is 1. The molecule has 0 aliphatic carbocycles. The molecule has 6 heteroatoms. The minimum absolute atomic E-state index is 0.207. The summed E-state index contributed by atoms with van der Waals surface area (Å²) in [5, 5.41) is 6.13. The van der Waals surface area contributed by atoms with Crippen LogP contribution in [0, 0.1) is 6.92 Å². The van der Waals surface area contributed by atoms with Crippen molar-refractivity contribution in [2.45, 2.75) is 20.3 Å². The lowest BCUT2D eigenvalue weighted by Crippen LogP contribution is -2.31. The number of carbonyl (C=O) groups is 1. The molecule has 0 spiro atoms. The summed E-state index contributed by atoms with van der Waals surface area (Å²) in [6.45, 7) is 5.54. The number of hydrogen-bond donors (Lipinski definition) is 2. The van der Waals surface area contributed by atoms with Gasteiger partial charge in [0, 0.05) is 18.8 Å². The zero-order valence-electron chi connectivity index (χ0n) is 14.8. The smallest absolute Gasteiger partial charge is 0.271 e. The third kappa shape index (κ3) is 4.76. The number of rotatable bonds is 7. The fourth-order valence-corrected chi connectivity index (χ4v) is 2.32. The molecule has 2 rings (SSSR count). The molecule has 0 fully saturated rings. The van der Waals surface area contributed by atoms with Crippen LogP contribution in [0.4, 0.5) is 11.5 Å². The average molecular weight is 327 g/mol. The molecule has 1 amide bonds. The second-order valence-corrected chi connectivity index (χ2v) is 5.93. The second kappa shape index (κ2) is 8.40. The molecule has 2 aromatic rings. The zero-order chi connectivity index (χ0) is 17.5. The number of aromatic nitrogens is 2. The SMILES string of the molecule is CCc1cccc(C)c1Nc1cnc(C(=O)NCCN(C)C)cn1. The number of hydrogen-bond acceptors (Lipinski definition) is 5. The highest BCUT2D eigenvalue weighted by Gasteiger charge is 2.09. The lowest BCUT2D eigenvalue weighted by molar-refractivity contribution is 0.0945. The first kappa shape index (κ1) is 17.9. The summed E-state index contributed by atoms with van der Waals surface area (Å²) in [4.78, 5) is 22.5. The predicted molar refractivity (Wildman–Crippen MR) is 96.8 cm³/mol. The normalized spacial score (nSPS) is 10.7. The van der Waals surface area contributed by atoms with E-state index in [9.17, 15) is 4.79 Å². The van der Waals surface area contributed by atoms with Gasteiger partial charge in [0.05, 0.1) is 12.4 Å². The molecule has 128 valence electrons. The van der Waals surface area contributed by atoms with Gasteiger partial charge in [0.25, 0.3) is 5.91 Å². The summed E-state index contributed by atoms with van der Waals surface area (Å²) in [6, 6.07) is 6.20.